The number of aromatic nitrogens is 1. The molecule has 1 heteroatoms. The number of benzene rings is 26. The average molecular weight is 1800 g/mol. The zero-order valence-corrected chi connectivity index (χ0v) is 78.1. The van der Waals surface area contributed by atoms with Crippen molar-refractivity contribution in [3.63, 3.8) is 0 Å². The first kappa shape index (κ1) is 82.1. The highest BCUT2D eigenvalue weighted by Crippen LogP contribution is 2.53. The molecule has 0 saturated heterocycles. The van der Waals surface area contributed by atoms with Gasteiger partial charge in [-0.15, -0.1) is 0 Å². The maximum absolute atomic E-state index is 2.47. The third-order valence-corrected chi connectivity index (χ3v) is 30.9. The molecule has 142 heavy (non-hydrogen) atoms. The van der Waals surface area contributed by atoms with Crippen LogP contribution in [0.1, 0.15) is 33.4 Å². The van der Waals surface area contributed by atoms with Crippen molar-refractivity contribution in [1.82, 2.24) is 4.57 Å². The summed E-state index contributed by atoms with van der Waals surface area (Å²) in [7, 11) is 0. The second-order valence-electron chi connectivity index (χ2n) is 38.5. The van der Waals surface area contributed by atoms with Crippen LogP contribution in [0.2, 0.25) is 0 Å². The molecule has 3 aliphatic carbocycles. The Hall–Kier alpha value is -18.1. The highest BCUT2D eigenvalue weighted by atomic mass is 15.0. The van der Waals surface area contributed by atoms with Crippen LogP contribution in [0, 0.1) is 0 Å². The molecule has 0 aliphatic heterocycles. The molecule has 660 valence electrons. The van der Waals surface area contributed by atoms with Gasteiger partial charge in [0.1, 0.15) is 0 Å². The quantitative estimate of drug-likeness (QED) is 0.120. The van der Waals surface area contributed by atoms with Crippen LogP contribution in [0.4, 0.5) is 0 Å². The van der Waals surface area contributed by atoms with Gasteiger partial charge < -0.3 is 4.57 Å². The van der Waals surface area contributed by atoms with Crippen LogP contribution in [0.25, 0.3) is 258 Å². The highest BCUT2D eigenvalue weighted by molar-refractivity contribution is 6.29. The van der Waals surface area contributed by atoms with Crippen LogP contribution in [0.15, 0.2) is 516 Å². The molecule has 0 radical (unpaired) electrons. The summed E-state index contributed by atoms with van der Waals surface area (Å²) in [6.07, 6.45) is 2.76. The fraction of sp³-hybridized carbons (Fsp3) is 0.0213. The Balaban J connectivity index is 0.000000104. The Bertz CT molecular complexity index is 9700. The summed E-state index contributed by atoms with van der Waals surface area (Å²) < 4.78 is 2.47. The van der Waals surface area contributed by atoms with Crippen molar-refractivity contribution >= 4 is 119 Å². The number of para-hydroxylation sites is 2. The summed E-state index contributed by atoms with van der Waals surface area (Å²) in [5.41, 5.74) is 43.3. The number of nitrogens with zero attached hydrogens (tertiary/aromatic N) is 1. The third-order valence-electron chi connectivity index (χ3n) is 30.9. The smallest absolute Gasteiger partial charge is 0.0541 e. The number of hydrogen-bond donors (Lipinski definition) is 0. The van der Waals surface area contributed by atoms with Gasteiger partial charge in [-0.3, -0.25) is 0 Å². The first-order valence-electron chi connectivity index (χ1n) is 49.7. The Kier molecular flexibility index (Phi) is 19.6. The van der Waals surface area contributed by atoms with Gasteiger partial charge >= 0.3 is 0 Å². The zero-order chi connectivity index (χ0) is 93.4. The van der Waals surface area contributed by atoms with Crippen LogP contribution in [-0.2, 0) is 19.3 Å². The lowest BCUT2D eigenvalue weighted by Gasteiger charge is -2.14. The van der Waals surface area contributed by atoms with Gasteiger partial charge in [0.25, 0.3) is 0 Å². The fourth-order valence-electron chi connectivity index (χ4n) is 24.4. The predicted octanol–water partition coefficient (Wildman–Crippen LogP) is 38.3. The summed E-state index contributed by atoms with van der Waals surface area (Å²) in [5, 5.41) is 26.2. The van der Waals surface area contributed by atoms with E-state index in [9.17, 15) is 0 Å². The normalized spacial score (nSPS) is 12.1. The molecule has 1 aromatic heterocycles. The molecule has 1 heterocycles. The van der Waals surface area contributed by atoms with Crippen molar-refractivity contribution in [1.29, 1.82) is 0 Å². The first-order chi connectivity index (χ1) is 70.4. The van der Waals surface area contributed by atoms with E-state index >= 15 is 0 Å². The molecule has 3 aliphatic rings. The second-order valence-corrected chi connectivity index (χ2v) is 38.5. The largest absolute Gasteiger partial charge is 0.309 e. The molecule has 0 fully saturated rings. The van der Waals surface area contributed by atoms with Crippen LogP contribution >= 0.6 is 0 Å². The van der Waals surface area contributed by atoms with E-state index in [0.29, 0.717) is 0 Å². The molecular weight excluding hydrogens is 1710 g/mol. The molecule has 30 rings (SSSR count). The van der Waals surface area contributed by atoms with Crippen molar-refractivity contribution in [2.45, 2.75) is 19.3 Å². The molecule has 0 amide bonds. The van der Waals surface area contributed by atoms with Gasteiger partial charge in [0.05, 0.1) is 16.7 Å². The Labute approximate surface area is 824 Å². The molecule has 26 aromatic carbocycles. The minimum atomic E-state index is 0.911. The summed E-state index contributed by atoms with van der Waals surface area (Å²) >= 11 is 0. The van der Waals surface area contributed by atoms with E-state index in [1.54, 1.807) is 0 Å². The topological polar surface area (TPSA) is 4.93 Å². The maximum Gasteiger partial charge on any atom is 0.0541 e. The minimum absolute atomic E-state index is 0.911. The van der Waals surface area contributed by atoms with Gasteiger partial charge in [-0.05, 0) is 325 Å². The van der Waals surface area contributed by atoms with Gasteiger partial charge in [0.2, 0.25) is 0 Å². The van der Waals surface area contributed by atoms with Gasteiger partial charge in [0.15, 0.2) is 0 Å². The summed E-state index contributed by atoms with van der Waals surface area (Å²) in [6, 6.07) is 190. The lowest BCUT2D eigenvalue weighted by Crippen LogP contribution is -1.99. The lowest BCUT2D eigenvalue weighted by atomic mass is 9.90. The molecule has 0 atom stereocenters. The molecule has 0 unspecified atom stereocenters. The van der Waals surface area contributed by atoms with E-state index in [4.69, 9.17) is 0 Å². The van der Waals surface area contributed by atoms with E-state index in [1.807, 2.05) is 0 Å². The third kappa shape index (κ3) is 13.7. The van der Waals surface area contributed by atoms with Crippen LogP contribution in [0.5, 0.6) is 0 Å². The van der Waals surface area contributed by atoms with E-state index in [-0.39, 0.29) is 0 Å². The van der Waals surface area contributed by atoms with Gasteiger partial charge in [0, 0.05) is 17.2 Å². The second kappa shape index (κ2) is 33.9. The van der Waals surface area contributed by atoms with Crippen molar-refractivity contribution < 1.29 is 0 Å². The van der Waals surface area contributed by atoms with E-state index in [0.717, 1.165) is 19.3 Å². The minimum Gasteiger partial charge on any atom is -0.309 e. The Morgan fingerprint density at radius 3 is 0.641 bits per heavy atom. The van der Waals surface area contributed by atoms with Crippen molar-refractivity contribution in [2.75, 3.05) is 0 Å². The first-order valence-corrected chi connectivity index (χ1v) is 49.7. The summed E-state index contributed by atoms with van der Waals surface area (Å²) in [6.45, 7) is 0. The monoisotopic (exact) mass is 1800 g/mol. The summed E-state index contributed by atoms with van der Waals surface area (Å²) in [4.78, 5) is 0. The van der Waals surface area contributed by atoms with Crippen LogP contribution in [0.3, 0.4) is 0 Å². The van der Waals surface area contributed by atoms with Crippen molar-refractivity contribution in [2.24, 2.45) is 0 Å². The van der Waals surface area contributed by atoms with Crippen molar-refractivity contribution in [3.8, 4) is 139 Å². The molecule has 27 aromatic rings. The fourth-order valence-corrected chi connectivity index (χ4v) is 24.4. The van der Waals surface area contributed by atoms with Gasteiger partial charge in [-0.1, -0.05) is 467 Å². The predicted molar refractivity (Wildman–Crippen MR) is 605 cm³/mol. The molecule has 1 nitrogen and oxygen atoms in total. The number of fused-ring (bicyclic) bond motifs is 30. The molecule has 0 saturated carbocycles. The highest BCUT2D eigenvalue weighted by Gasteiger charge is 2.31. The molecule has 0 N–H and O–H groups in total. The van der Waals surface area contributed by atoms with E-state index < -0.39 is 0 Å². The number of hydrogen-bond acceptors (Lipinski definition) is 0. The summed E-state index contributed by atoms with van der Waals surface area (Å²) in [5.74, 6) is 0. The van der Waals surface area contributed by atoms with Crippen molar-refractivity contribution in [3.05, 3.63) is 549 Å². The molecule has 0 bridgehead atoms. The average Bonchev–Trinajstić information content (AvgIpc) is 1.68. The van der Waals surface area contributed by atoms with Gasteiger partial charge in [-0.2, -0.15) is 0 Å². The molecular formula is C141H91N. The van der Waals surface area contributed by atoms with Gasteiger partial charge in [-0.25, -0.2) is 0 Å². The lowest BCUT2D eigenvalue weighted by molar-refractivity contribution is 1.12. The standard InChI is InChI=1S/2C49H32.C43H27N/c1-2-11-32(12-3-1)33-23-25-34(26-24-33)38-19-9-21-44-45-22-10-20-39(49(45)31-48(38)44)37-14-8-13-35(29-37)36-27-28-46-42-17-5-4-15-40(42)41-16-6-7-18-43(41)47(46)30-36;1-2-11-32(12-3-1)33-23-25-34(26-24-33)35-13-8-14-36(29-35)38-19-9-21-44-45-22-10-20-39(49(45)31-48(38)44)37-27-28-46-42-17-5-4-15-40(42)41-16-6-7-18-43(41)47(46)30-37;1-2-13-31-29(11-1)30-12-3-4-14-32(30)38-25-27(23-24-35(31)38)28-17-9-18-33-34-19-10-22-43(40(34)26-39(28)33)44-41-20-7-5-15-36(41)37-16-6-8-21-42(37)44/h2*1-30H,31H2;1-25H,26H2. The van der Waals surface area contributed by atoms with E-state index in [2.05, 4.69) is 520 Å². The number of rotatable bonds is 10. The Morgan fingerprint density at radius 2 is 0.296 bits per heavy atom. The SMILES string of the molecule is c1cc(-c2ccc3c4ccccc4c4ccccc4c3c2)c2c(c1)-c1cccc(-n3c4ccccc4c4ccccc43)c1C2.c1ccc(-c2ccc(-c3cccc(-c4cccc5c4Cc4c(-c6ccc7c8ccccc8c8ccccc8c7c6)cccc4-5)c3)cc2)cc1.c1ccc(-c2ccc(-c3cccc4c3Cc3c(-c5cccc(-c6ccc7c8ccccc8c8ccccc8c7c6)c5)cccc3-4)cc2)cc1. The van der Waals surface area contributed by atoms with Crippen LogP contribution in [-0.4, -0.2) is 4.57 Å². The molecule has 0 spiro atoms. The van der Waals surface area contributed by atoms with Crippen LogP contribution < -0.4 is 0 Å². The zero-order valence-electron chi connectivity index (χ0n) is 78.1. The Morgan fingerprint density at radius 1 is 0.106 bits per heavy atom. The maximum atomic E-state index is 2.47. The van der Waals surface area contributed by atoms with E-state index in [1.165, 1.54) is 291 Å².